The molecule has 1 saturated heterocycles. The number of aliphatic hydroxyl groups is 1. The van der Waals surface area contributed by atoms with Gasteiger partial charge in [-0.3, -0.25) is 0 Å². The Morgan fingerprint density at radius 2 is 2.33 bits per heavy atom. The lowest BCUT2D eigenvalue weighted by Gasteiger charge is -2.34. The summed E-state index contributed by atoms with van der Waals surface area (Å²) < 4.78 is 5.27. The van der Waals surface area contributed by atoms with Gasteiger partial charge in [0.25, 0.3) is 0 Å². The van der Waals surface area contributed by atoms with Crippen molar-refractivity contribution < 1.29 is 14.6 Å². The molecule has 0 spiro atoms. The van der Waals surface area contributed by atoms with Crippen LogP contribution in [0.1, 0.15) is 5.69 Å². The predicted octanol–water partition coefficient (Wildman–Crippen LogP) is 0.0760. The van der Waals surface area contributed by atoms with Gasteiger partial charge in [0.2, 0.25) is 0 Å². The van der Waals surface area contributed by atoms with Gasteiger partial charge in [-0.25, -0.2) is 4.79 Å². The Bertz CT molecular complexity index is 509. The highest BCUT2D eigenvalue weighted by Crippen LogP contribution is 2.22. The second-order valence-electron chi connectivity index (χ2n) is 5.15. The van der Waals surface area contributed by atoms with E-state index in [4.69, 9.17) is 4.74 Å². The number of nitrogens with one attached hydrogen (secondary N) is 1. The van der Waals surface area contributed by atoms with E-state index in [9.17, 15) is 9.90 Å². The zero-order chi connectivity index (χ0) is 15.4. The molecule has 0 saturated carbocycles. The van der Waals surface area contributed by atoms with Crippen LogP contribution in [0.5, 0.6) is 0 Å². The summed E-state index contributed by atoms with van der Waals surface area (Å²) in [4.78, 5) is 15.8. The van der Waals surface area contributed by atoms with E-state index in [1.807, 2.05) is 21.0 Å². The molecule has 0 radical (unpaired) electrons. The van der Waals surface area contributed by atoms with E-state index in [2.05, 4.69) is 15.5 Å². The van der Waals surface area contributed by atoms with Crippen LogP contribution in [-0.4, -0.2) is 72.7 Å². The van der Waals surface area contributed by atoms with Crippen LogP contribution in [0.2, 0.25) is 0 Å². The summed E-state index contributed by atoms with van der Waals surface area (Å²) in [6.45, 7) is 2.96. The van der Waals surface area contributed by atoms with Crippen LogP contribution in [0.15, 0.2) is 6.07 Å². The Balaban J connectivity index is 2.17. The molecule has 116 valence electrons. The molecule has 0 bridgehead atoms. The van der Waals surface area contributed by atoms with Gasteiger partial charge in [-0.1, -0.05) is 0 Å². The van der Waals surface area contributed by atoms with E-state index in [1.165, 1.54) is 0 Å². The number of nitrogens with zero attached hydrogens (tertiary/aromatic N) is 4. The van der Waals surface area contributed by atoms with E-state index in [0.717, 1.165) is 5.69 Å². The molecule has 1 aliphatic rings. The number of aliphatic hydroxyl groups excluding tert-OH is 1. The number of hydrogen-bond donors (Lipinski definition) is 2. The van der Waals surface area contributed by atoms with Crippen molar-refractivity contribution in [1.82, 2.24) is 15.1 Å². The summed E-state index contributed by atoms with van der Waals surface area (Å²) >= 11 is 0. The fourth-order valence-corrected chi connectivity index (χ4v) is 2.17. The number of urea groups is 1. The van der Waals surface area contributed by atoms with E-state index in [-0.39, 0.29) is 18.7 Å². The summed E-state index contributed by atoms with van der Waals surface area (Å²) in [5.74, 6) is 0.586. The molecule has 8 nitrogen and oxygen atoms in total. The lowest BCUT2D eigenvalue weighted by molar-refractivity contribution is -0.00485. The fraction of sp³-hybridized carbons (Fsp3) is 0.615. The van der Waals surface area contributed by atoms with E-state index in [0.29, 0.717) is 31.3 Å². The number of rotatable bonds is 3. The highest BCUT2D eigenvalue weighted by Gasteiger charge is 2.27. The average Bonchev–Trinajstić information content (AvgIpc) is 2.46. The third kappa shape index (κ3) is 3.59. The Morgan fingerprint density at radius 3 is 3.00 bits per heavy atom. The Morgan fingerprint density at radius 1 is 1.57 bits per heavy atom. The van der Waals surface area contributed by atoms with Gasteiger partial charge in [0.1, 0.15) is 0 Å². The molecule has 2 amide bonds. The number of aromatic nitrogens is 2. The molecule has 2 rings (SSSR count). The van der Waals surface area contributed by atoms with Crippen LogP contribution in [-0.2, 0) is 4.74 Å². The quantitative estimate of drug-likeness (QED) is 0.820. The minimum atomic E-state index is -0.322. The highest BCUT2D eigenvalue weighted by molar-refractivity contribution is 5.92. The molecule has 1 aromatic rings. The van der Waals surface area contributed by atoms with Gasteiger partial charge in [0, 0.05) is 20.6 Å². The number of morpholine rings is 1. The normalized spacial score (nSPS) is 18.5. The highest BCUT2D eigenvalue weighted by atomic mass is 16.5. The first kappa shape index (κ1) is 15.5. The second-order valence-corrected chi connectivity index (χ2v) is 5.15. The van der Waals surface area contributed by atoms with E-state index < -0.39 is 0 Å². The van der Waals surface area contributed by atoms with Crippen LogP contribution >= 0.6 is 0 Å². The second kappa shape index (κ2) is 6.68. The van der Waals surface area contributed by atoms with Crippen molar-refractivity contribution in [2.24, 2.45) is 0 Å². The Kier molecular flexibility index (Phi) is 4.92. The summed E-state index contributed by atoms with van der Waals surface area (Å²) in [5.41, 5.74) is 1.32. The Labute approximate surface area is 123 Å². The maximum atomic E-state index is 12.4. The molecular formula is C13H21N5O3. The average molecular weight is 295 g/mol. The van der Waals surface area contributed by atoms with Crippen LogP contribution in [0.4, 0.5) is 16.3 Å². The molecule has 21 heavy (non-hydrogen) atoms. The minimum Gasteiger partial charge on any atom is -0.394 e. The van der Waals surface area contributed by atoms with Crippen molar-refractivity contribution in [3.8, 4) is 0 Å². The zero-order valence-corrected chi connectivity index (χ0v) is 12.5. The zero-order valence-electron chi connectivity index (χ0n) is 12.5. The number of amides is 2. The molecule has 1 aliphatic heterocycles. The number of carbonyl (C=O) groups excluding carboxylic acids is 1. The van der Waals surface area contributed by atoms with Crippen molar-refractivity contribution >= 4 is 17.5 Å². The predicted molar refractivity (Wildman–Crippen MR) is 78.5 cm³/mol. The minimum absolute atomic E-state index is 0.123. The van der Waals surface area contributed by atoms with Gasteiger partial charge in [0.05, 0.1) is 37.2 Å². The van der Waals surface area contributed by atoms with Crippen molar-refractivity contribution in [1.29, 1.82) is 0 Å². The number of ether oxygens (including phenoxy) is 1. The summed E-state index contributed by atoms with van der Waals surface area (Å²) in [5, 5.41) is 20.3. The van der Waals surface area contributed by atoms with Crippen LogP contribution in [0.3, 0.4) is 0 Å². The van der Waals surface area contributed by atoms with E-state index >= 15 is 0 Å². The first-order valence-electron chi connectivity index (χ1n) is 6.80. The van der Waals surface area contributed by atoms with Gasteiger partial charge in [-0.2, -0.15) is 5.10 Å². The molecule has 0 unspecified atom stereocenters. The summed E-state index contributed by atoms with van der Waals surface area (Å²) in [6, 6.07) is 1.18. The molecule has 0 aliphatic carbocycles. The van der Waals surface area contributed by atoms with Gasteiger partial charge in [-0.15, -0.1) is 5.10 Å². The largest absolute Gasteiger partial charge is 0.394 e. The molecular weight excluding hydrogens is 274 g/mol. The van der Waals surface area contributed by atoms with Gasteiger partial charge < -0.3 is 25.0 Å². The van der Waals surface area contributed by atoms with Crippen molar-refractivity contribution in [3.05, 3.63) is 11.8 Å². The molecule has 1 atom stereocenters. The van der Waals surface area contributed by atoms with Crippen molar-refractivity contribution in [2.75, 3.05) is 50.7 Å². The lowest BCUT2D eigenvalue weighted by atomic mass is 10.2. The fourth-order valence-electron chi connectivity index (χ4n) is 2.17. The van der Waals surface area contributed by atoms with Crippen molar-refractivity contribution in [3.63, 3.8) is 0 Å². The molecule has 0 aromatic carbocycles. The summed E-state index contributed by atoms with van der Waals surface area (Å²) in [6.07, 6.45) is 0. The number of hydrogen-bond acceptors (Lipinski definition) is 6. The first-order valence-corrected chi connectivity index (χ1v) is 6.80. The third-order valence-electron chi connectivity index (χ3n) is 3.26. The standard InChI is InChI=1S/C13H21N5O3/c1-9-6-11(12(16-15-9)17(2)3)14-13(20)18-4-5-21-8-10(18)7-19/h6,10,19H,4-5,7-8H2,1-3H3,(H,14,15,20)/t10-/m1/s1. The van der Waals surface area contributed by atoms with Crippen LogP contribution in [0.25, 0.3) is 0 Å². The maximum Gasteiger partial charge on any atom is 0.322 e. The smallest absolute Gasteiger partial charge is 0.322 e. The number of aryl methyl sites for hydroxylation is 1. The van der Waals surface area contributed by atoms with Gasteiger partial charge in [0.15, 0.2) is 5.82 Å². The van der Waals surface area contributed by atoms with E-state index in [1.54, 1.807) is 15.9 Å². The molecule has 2 N–H and O–H groups in total. The van der Waals surface area contributed by atoms with Crippen molar-refractivity contribution in [2.45, 2.75) is 13.0 Å². The van der Waals surface area contributed by atoms with Crippen LogP contribution in [0, 0.1) is 6.92 Å². The first-order chi connectivity index (χ1) is 10.0. The van der Waals surface area contributed by atoms with Gasteiger partial charge in [-0.05, 0) is 13.0 Å². The topological polar surface area (TPSA) is 90.8 Å². The molecule has 1 fully saturated rings. The number of carbonyl (C=O) groups is 1. The number of anilines is 2. The Hall–Kier alpha value is -1.93. The molecule has 2 heterocycles. The molecule has 1 aromatic heterocycles. The van der Waals surface area contributed by atoms with Gasteiger partial charge >= 0.3 is 6.03 Å². The van der Waals surface area contributed by atoms with Crippen LogP contribution < -0.4 is 10.2 Å². The maximum absolute atomic E-state index is 12.4. The monoisotopic (exact) mass is 295 g/mol. The molecule has 8 heteroatoms. The summed E-state index contributed by atoms with van der Waals surface area (Å²) in [7, 11) is 3.67. The lowest BCUT2D eigenvalue weighted by Crippen LogP contribution is -2.52. The third-order valence-corrected chi connectivity index (χ3v) is 3.26. The SMILES string of the molecule is Cc1cc(NC(=O)N2CCOC[C@H]2CO)c(N(C)C)nn1.